The van der Waals surface area contributed by atoms with Gasteiger partial charge < -0.3 is 34.3 Å². The van der Waals surface area contributed by atoms with E-state index >= 15 is 0 Å². The predicted octanol–water partition coefficient (Wildman–Crippen LogP) is -0.479. The van der Waals surface area contributed by atoms with Gasteiger partial charge in [-0.3, -0.25) is 13.2 Å². The maximum Gasteiger partial charge on any atom is 0.413 e. The Morgan fingerprint density at radius 1 is 1.00 bits per heavy atom. The van der Waals surface area contributed by atoms with Crippen LogP contribution in [0.3, 0.4) is 0 Å². The molecule has 0 saturated heterocycles. The summed E-state index contributed by atoms with van der Waals surface area (Å²) < 4.78 is 55.8. The zero-order valence-corrected chi connectivity index (χ0v) is 18.0. The number of hydrogen-bond donors (Lipinski definition) is 3. The van der Waals surface area contributed by atoms with E-state index in [1.54, 1.807) is 4.90 Å². The lowest BCUT2D eigenvalue weighted by atomic mass is 10.1. The SMILES string of the molecule is O=C(O)CC[C@H](NC(=O)Oc1ccc(N(CCOS(=O)[O-])CCOS(=O)[O-])cc1)C(=O)O. The molecule has 0 aromatic heterocycles. The molecule has 0 fully saturated rings. The van der Waals surface area contributed by atoms with E-state index in [1.807, 2.05) is 0 Å². The maximum atomic E-state index is 11.9. The van der Waals surface area contributed by atoms with Gasteiger partial charge in [-0.05, 0) is 30.7 Å². The summed E-state index contributed by atoms with van der Waals surface area (Å²) in [5.41, 5.74) is 0.489. The predicted molar refractivity (Wildman–Crippen MR) is 106 cm³/mol. The van der Waals surface area contributed by atoms with Crippen LogP contribution in [0.4, 0.5) is 10.5 Å². The summed E-state index contributed by atoms with van der Waals surface area (Å²) in [7, 11) is 0. The van der Waals surface area contributed by atoms with E-state index in [1.165, 1.54) is 24.3 Å². The van der Waals surface area contributed by atoms with Gasteiger partial charge in [0.1, 0.15) is 11.8 Å². The second-order valence-corrected chi connectivity index (χ2v) is 7.18. The second-order valence-electron chi connectivity index (χ2n) is 5.89. The van der Waals surface area contributed by atoms with Crippen LogP contribution >= 0.6 is 0 Å². The van der Waals surface area contributed by atoms with E-state index in [-0.39, 0.29) is 38.5 Å². The Bertz CT molecular complexity index is 800. The first-order chi connectivity index (χ1) is 15.1. The number of hydrogen-bond acceptors (Lipinski definition) is 11. The number of carbonyl (C=O) groups is 3. The maximum absolute atomic E-state index is 11.9. The molecule has 1 amide bonds. The summed E-state index contributed by atoms with van der Waals surface area (Å²) in [6.07, 6.45) is -1.90. The fraction of sp³-hybridized carbons (Fsp3) is 0.438. The van der Waals surface area contributed by atoms with Crippen molar-refractivity contribution in [1.29, 1.82) is 0 Å². The lowest BCUT2D eigenvalue weighted by Gasteiger charge is -2.25. The average Bonchev–Trinajstić information content (AvgIpc) is 2.69. The number of ether oxygens (including phenoxy) is 1. The first kappa shape index (κ1) is 27.4. The van der Waals surface area contributed by atoms with Gasteiger partial charge >= 0.3 is 18.0 Å². The Labute approximate surface area is 187 Å². The van der Waals surface area contributed by atoms with E-state index in [4.69, 9.17) is 14.9 Å². The van der Waals surface area contributed by atoms with Crippen molar-refractivity contribution in [3.8, 4) is 5.75 Å². The third kappa shape index (κ3) is 11.7. The van der Waals surface area contributed by atoms with E-state index in [2.05, 4.69) is 13.7 Å². The number of nitrogens with zero attached hydrogens (tertiary/aromatic N) is 1. The van der Waals surface area contributed by atoms with Crippen molar-refractivity contribution >= 4 is 46.4 Å². The lowest BCUT2D eigenvalue weighted by molar-refractivity contribution is -0.140. The number of carboxylic acids is 2. The van der Waals surface area contributed by atoms with Gasteiger partial charge in [-0.2, -0.15) is 0 Å². The van der Waals surface area contributed by atoms with Crippen LogP contribution < -0.4 is 15.0 Å². The molecule has 3 N–H and O–H groups in total. The summed E-state index contributed by atoms with van der Waals surface area (Å²) in [4.78, 5) is 35.1. The van der Waals surface area contributed by atoms with Gasteiger partial charge in [-0.1, -0.05) is 0 Å². The van der Waals surface area contributed by atoms with Crippen LogP contribution in [-0.4, -0.2) is 78.1 Å². The molecule has 180 valence electrons. The highest BCUT2D eigenvalue weighted by atomic mass is 32.2. The van der Waals surface area contributed by atoms with Crippen molar-refractivity contribution < 1.29 is 55.2 Å². The smallest absolute Gasteiger partial charge is 0.413 e. The molecule has 1 rings (SSSR count). The highest BCUT2D eigenvalue weighted by molar-refractivity contribution is 7.74. The summed E-state index contributed by atoms with van der Waals surface area (Å²) in [6.45, 7) is -0.310. The average molecular weight is 496 g/mol. The molecule has 1 aromatic carbocycles. The van der Waals surface area contributed by atoms with E-state index in [0.29, 0.717) is 5.69 Å². The molecular weight excluding hydrogens is 476 g/mol. The number of carbonyl (C=O) groups excluding carboxylic acids is 1. The number of nitrogens with one attached hydrogen (secondary N) is 1. The topological polar surface area (TPSA) is 215 Å². The molecule has 14 nitrogen and oxygen atoms in total. The first-order valence-electron chi connectivity index (χ1n) is 8.81. The molecule has 32 heavy (non-hydrogen) atoms. The molecular formula is C16H20N2O12S2-2. The number of benzene rings is 1. The van der Waals surface area contributed by atoms with Crippen LogP contribution in [-0.2, 0) is 40.7 Å². The van der Waals surface area contributed by atoms with Crippen molar-refractivity contribution in [2.24, 2.45) is 0 Å². The quantitative estimate of drug-likeness (QED) is 0.262. The van der Waals surface area contributed by atoms with Gasteiger partial charge in [0, 0.05) is 25.2 Å². The van der Waals surface area contributed by atoms with Gasteiger partial charge in [0.15, 0.2) is 0 Å². The highest BCUT2D eigenvalue weighted by Crippen LogP contribution is 2.20. The zero-order chi connectivity index (χ0) is 24.1. The first-order valence-corrected chi connectivity index (χ1v) is 10.8. The number of amides is 1. The van der Waals surface area contributed by atoms with Crippen LogP contribution in [0.5, 0.6) is 5.75 Å². The summed E-state index contributed by atoms with van der Waals surface area (Å²) >= 11 is -5.44. The van der Waals surface area contributed by atoms with Crippen molar-refractivity contribution in [2.75, 3.05) is 31.2 Å². The number of carboxylic acid groups (broad SMARTS) is 2. The van der Waals surface area contributed by atoms with Crippen LogP contribution in [0.2, 0.25) is 0 Å². The molecule has 0 spiro atoms. The summed E-state index contributed by atoms with van der Waals surface area (Å²) in [6, 6.07) is 4.21. The van der Waals surface area contributed by atoms with Gasteiger partial charge in [0.05, 0.1) is 35.9 Å². The van der Waals surface area contributed by atoms with E-state index in [0.717, 1.165) is 0 Å². The molecule has 1 aromatic rings. The summed E-state index contributed by atoms with van der Waals surface area (Å²) in [5, 5.41) is 19.7. The molecule has 0 aliphatic heterocycles. The Hall–Kier alpha value is -2.63. The van der Waals surface area contributed by atoms with Gasteiger partial charge in [0.25, 0.3) is 0 Å². The molecule has 0 bridgehead atoms. The monoisotopic (exact) mass is 496 g/mol. The Balaban J connectivity index is 2.73. The second kappa shape index (κ2) is 14.4. The Morgan fingerprint density at radius 2 is 1.53 bits per heavy atom. The third-order valence-electron chi connectivity index (χ3n) is 3.73. The molecule has 0 aliphatic carbocycles. The molecule has 0 saturated carbocycles. The van der Waals surface area contributed by atoms with E-state index in [9.17, 15) is 31.9 Å². The molecule has 0 aliphatic rings. The summed E-state index contributed by atoms with van der Waals surface area (Å²) in [5.74, 6) is -2.61. The molecule has 16 heteroatoms. The molecule has 0 heterocycles. The highest BCUT2D eigenvalue weighted by Gasteiger charge is 2.22. The molecule has 0 radical (unpaired) electrons. The minimum Gasteiger partial charge on any atom is -0.750 e. The number of anilines is 1. The fourth-order valence-electron chi connectivity index (χ4n) is 2.33. The minimum absolute atomic E-state index is 0.0300. The van der Waals surface area contributed by atoms with Crippen molar-refractivity contribution in [3.05, 3.63) is 24.3 Å². The van der Waals surface area contributed by atoms with Crippen LogP contribution in [0.1, 0.15) is 12.8 Å². The minimum atomic E-state index is -2.72. The Kier molecular flexibility index (Phi) is 12.4. The van der Waals surface area contributed by atoms with E-state index < -0.39 is 53.2 Å². The molecule has 3 atom stereocenters. The largest absolute Gasteiger partial charge is 0.750 e. The van der Waals surface area contributed by atoms with Crippen molar-refractivity contribution in [1.82, 2.24) is 5.32 Å². The van der Waals surface area contributed by atoms with Gasteiger partial charge in [0.2, 0.25) is 0 Å². The normalized spacial score (nSPS) is 13.6. The zero-order valence-electron chi connectivity index (χ0n) is 16.4. The molecule has 2 unspecified atom stereocenters. The number of aliphatic carboxylic acids is 2. The van der Waals surface area contributed by atoms with Crippen molar-refractivity contribution in [3.63, 3.8) is 0 Å². The van der Waals surface area contributed by atoms with Crippen molar-refractivity contribution in [2.45, 2.75) is 18.9 Å². The third-order valence-corrected chi connectivity index (χ3v) is 4.45. The fourth-order valence-corrected chi connectivity index (χ4v) is 2.75. The lowest BCUT2D eigenvalue weighted by Crippen LogP contribution is -2.42. The van der Waals surface area contributed by atoms with Crippen LogP contribution in [0.25, 0.3) is 0 Å². The van der Waals surface area contributed by atoms with Crippen LogP contribution in [0.15, 0.2) is 24.3 Å². The standard InChI is InChI=1S/C16H22N2O12S2/c19-14(20)6-5-13(15(21)22)17-16(23)30-12-3-1-11(2-4-12)18(7-9-28-31(24)25)8-10-29-32(26)27/h1-4,13H,5-10H2,(H,17,23)(H,19,20)(H,21,22)(H,24,25)(H,26,27)/p-2/t13-/m0/s1. The van der Waals surface area contributed by atoms with Gasteiger partial charge in [-0.25, -0.2) is 18.0 Å². The van der Waals surface area contributed by atoms with Crippen LogP contribution in [0, 0.1) is 0 Å². The number of rotatable bonds is 15. The Morgan fingerprint density at radius 3 is 1.97 bits per heavy atom. The van der Waals surface area contributed by atoms with Gasteiger partial charge in [-0.15, -0.1) is 0 Å².